The van der Waals surface area contributed by atoms with E-state index in [1.165, 1.54) is 0 Å². The van der Waals surface area contributed by atoms with Crippen molar-refractivity contribution in [1.82, 2.24) is 0 Å². The van der Waals surface area contributed by atoms with Crippen molar-refractivity contribution >= 4 is 17.2 Å². The Labute approximate surface area is 102 Å². The molecule has 0 aliphatic rings. The molecule has 0 heterocycles. The Morgan fingerprint density at radius 2 is 1.94 bits per heavy atom. The first-order chi connectivity index (χ1) is 7.72. The third kappa shape index (κ3) is 5.09. The second-order valence-corrected chi connectivity index (χ2v) is 4.01. The minimum atomic E-state index is 0.508. The predicted octanol–water partition coefficient (Wildman–Crippen LogP) is 1.93. The van der Waals surface area contributed by atoms with Crippen molar-refractivity contribution in [3.05, 3.63) is 29.8 Å². The molecule has 4 heteroatoms. The molecule has 0 unspecified atom stereocenters. The molecule has 0 amide bonds. The van der Waals surface area contributed by atoms with Crippen LogP contribution in [-0.2, 0) is 11.2 Å². The summed E-state index contributed by atoms with van der Waals surface area (Å²) in [5, 5.41) is 0. The van der Waals surface area contributed by atoms with Gasteiger partial charge in [0.05, 0.1) is 11.6 Å². The van der Waals surface area contributed by atoms with Gasteiger partial charge < -0.3 is 15.2 Å². The van der Waals surface area contributed by atoms with Crippen molar-refractivity contribution in [2.24, 2.45) is 5.73 Å². The van der Waals surface area contributed by atoms with E-state index in [-0.39, 0.29) is 0 Å². The van der Waals surface area contributed by atoms with Crippen LogP contribution in [0.4, 0.5) is 0 Å². The van der Waals surface area contributed by atoms with E-state index in [0.29, 0.717) is 18.0 Å². The summed E-state index contributed by atoms with van der Waals surface area (Å²) in [4.78, 5) is 0.508. The number of ether oxygens (including phenoxy) is 2. The van der Waals surface area contributed by atoms with Crippen LogP contribution in [0.25, 0.3) is 0 Å². The molecule has 0 aliphatic carbocycles. The molecular weight excluding hydrogens is 222 g/mol. The van der Waals surface area contributed by atoms with E-state index in [2.05, 4.69) is 0 Å². The molecule has 0 atom stereocenters. The Morgan fingerprint density at radius 1 is 1.25 bits per heavy atom. The van der Waals surface area contributed by atoms with Crippen LogP contribution in [0.5, 0.6) is 5.75 Å². The zero-order valence-corrected chi connectivity index (χ0v) is 10.3. The van der Waals surface area contributed by atoms with Gasteiger partial charge in [0, 0.05) is 26.6 Å². The summed E-state index contributed by atoms with van der Waals surface area (Å²) in [6.07, 6.45) is 1.53. The molecule has 0 bridgehead atoms. The Hall–Kier alpha value is -1.13. The third-order valence-corrected chi connectivity index (χ3v) is 2.21. The predicted molar refractivity (Wildman–Crippen MR) is 68.9 cm³/mol. The van der Waals surface area contributed by atoms with E-state index >= 15 is 0 Å². The average molecular weight is 239 g/mol. The first-order valence-electron chi connectivity index (χ1n) is 5.21. The lowest BCUT2D eigenvalue weighted by atomic mass is 10.1. The van der Waals surface area contributed by atoms with Crippen molar-refractivity contribution in [2.75, 3.05) is 20.3 Å². The monoisotopic (exact) mass is 239 g/mol. The maximum atomic E-state index is 5.52. The highest BCUT2D eigenvalue weighted by molar-refractivity contribution is 7.80. The number of nitrogens with two attached hydrogens (primary N) is 1. The molecule has 0 saturated carbocycles. The topological polar surface area (TPSA) is 44.5 Å². The van der Waals surface area contributed by atoms with Gasteiger partial charge >= 0.3 is 0 Å². The van der Waals surface area contributed by atoms with Crippen LogP contribution in [0, 0.1) is 0 Å². The summed E-state index contributed by atoms with van der Waals surface area (Å²) < 4.78 is 10.5. The lowest BCUT2D eigenvalue weighted by Crippen LogP contribution is -2.10. The SMILES string of the molecule is COCCCOc1ccc(CC(N)=S)cc1. The van der Waals surface area contributed by atoms with Crippen LogP contribution in [0.2, 0.25) is 0 Å². The fourth-order valence-electron chi connectivity index (χ4n) is 1.30. The molecule has 1 aromatic carbocycles. The molecule has 0 aromatic heterocycles. The smallest absolute Gasteiger partial charge is 0.119 e. The molecule has 2 N–H and O–H groups in total. The van der Waals surface area contributed by atoms with E-state index in [0.717, 1.165) is 24.3 Å². The number of rotatable bonds is 7. The van der Waals surface area contributed by atoms with E-state index in [1.807, 2.05) is 24.3 Å². The number of methoxy groups -OCH3 is 1. The molecule has 0 spiro atoms. The van der Waals surface area contributed by atoms with Crippen LogP contribution >= 0.6 is 12.2 Å². The lowest BCUT2D eigenvalue weighted by molar-refractivity contribution is 0.172. The average Bonchev–Trinajstić information content (AvgIpc) is 2.26. The summed E-state index contributed by atoms with van der Waals surface area (Å²) in [5.41, 5.74) is 6.57. The zero-order chi connectivity index (χ0) is 11.8. The van der Waals surface area contributed by atoms with Crippen molar-refractivity contribution < 1.29 is 9.47 Å². The Bertz CT molecular complexity index is 324. The molecule has 1 aromatic rings. The summed E-state index contributed by atoms with van der Waals surface area (Å²) in [5.74, 6) is 0.864. The van der Waals surface area contributed by atoms with Crippen molar-refractivity contribution in [1.29, 1.82) is 0 Å². The molecule has 0 saturated heterocycles. The fraction of sp³-hybridized carbons (Fsp3) is 0.417. The van der Waals surface area contributed by atoms with Crippen LogP contribution in [-0.4, -0.2) is 25.3 Å². The standard InChI is InChI=1S/C12H17NO2S/c1-14-7-2-8-15-11-5-3-10(4-6-11)9-12(13)16/h3-6H,2,7-9H2,1H3,(H2,13,16). The highest BCUT2D eigenvalue weighted by Gasteiger charge is 1.97. The first kappa shape index (κ1) is 12.9. The summed E-state index contributed by atoms with van der Waals surface area (Å²) >= 11 is 4.84. The number of thiocarbonyl (C=S) groups is 1. The van der Waals surface area contributed by atoms with Crippen LogP contribution in [0.15, 0.2) is 24.3 Å². The van der Waals surface area contributed by atoms with Crippen LogP contribution in [0.3, 0.4) is 0 Å². The van der Waals surface area contributed by atoms with E-state index < -0.39 is 0 Å². The Balaban J connectivity index is 2.36. The maximum Gasteiger partial charge on any atom is 0.119 e. The molecule has 0 radical (unpaired) electrons. The molecule has 0 fully saturated rings. The van der Waals surface area contributed by atoms with E-state index in [1.54, 1.807) is 7.11 Å². The lowest BCUT2D eigenvalue weighted by Gasteiger charge is -2.06. The van der Waals surface area contributed by atoms with Gasteiger partial charge in [-0.25, -0.2) is 0 Å². The molecule has 16 heavy (non-hydrogen) atoms. The largest absolute Gasteiger partial charge is 0.494 e. The normalized spacial score (nSPS) is 10.1. The molecule has 1 rings (SSSR count). The van der Waals surface area contributed by atoms with Crippen molar-refractivity contribution in [3.8, 4) is 5.75 Å². The minimum Gasteiger partial charge on any atom is -0.494 e. The molecule has 88 valence electrons. The zero-order valence-electron chi connectivity index (χ0n) is 9.44. The maximum absolute atomic E-state index is 5.52. The summed E-state index contributed by atoms with van der Waals surface area (Å²) in [7, 11) is 1.69. The highest BCUT2D eigenvalue weighted by atomic mass is 32.1. The van der Waals surface area contributed by atoms with Gasteiger partial charge in [-0.1, -0.05) is 24.4 Å². The van der Waals surface area contributed by atoms with Gasteiger partial charge in [0.2, 0.25) is 0 Å². The molecule has 3 nitrogen and oxygen atoms in total. The van der Waals surface area contributed by atoms with Gasteiger partial charge in [-0.05, 0) is 17.7 Å². The van der Waals surface area contributed by atoms with Gasteiger partial charge in [0.1, 0.15) is 5.75 Å². The van der Waals surface area contributed by atoms with Crippen molar-refractivity contribution in [3.63, 3.8) is 0 Å². The Kier molecular flexibility index (Phi) is 5.82. The number of hydrogen-bond donors (Lipinski definition) is 1. The Morgan fingerprint density at radius 3 is 2.50 bits per heavy atom. The van der Waals surface area contributed by atoms with Crippen LogP contribution in [0.1, 0.15) is 12.0 Å². The van der Waals surface area contributed by atoms with Gasteiger partial charge in [-0.3, -0.25) is 0 Å². The third-order valence-electron chi connectivity index (χ3n) is 2.06. The second kappa shape index (κ2) is 7.19. The summed E-state index contributed by atoms with van der Waals surface area (Å²) in [6, 6.07) is 7.82. The van der Waals surface area contributed by atoms with E-state index in [4.69, 9.17) is 27.4 Å². The second-order valence-electron chi connectivity index (χ2n) is 3.48. The van der Waals surface area contributed by atoms with Crippen molar-refractivity contribution in [2.45, 2.75) is 12.8 Å². The fourth-order valence-corrected chi connectivity index (χ4v) is 1.46. The quantitative estimate of drug-likeness (QED) is 0.583. The van der Waals surface area contributed by atoms with Gasteiger partial charge in [-0.2, -0.15) is 0 Å². The van der Waals surface area contributed by atoms with Gasteiger partial charge in [0.25, 0.3) is 0 Å². The van der Waals surface area contributed by atoms with Crippen LogP contribution < -0.4 is 10.5 Å². The molecular formula is C12H17NO2S. The number of hydrogen-bond acceptors (Lipinski definition) is 3. The summed E-state index contributed by atoms with van der Waals surface area (Å²) in [6.45, 7) is 1.39. The van der Waals surface area contributed by atoms with Gasteiger partial charge in [-0.15, -0.1) is 0 Å². The van der Waals surface area contributed by atoms with E-state index in [9.17, 15) is 0 Å². The highest BCUT2D eigenvalue weighted by Crippen LogP contribution is 2.12. The number of benzene rings is 1. The molecule has 0 aliphatic heterocycles. The first-order valence-corrected chi connectivity index (χ1v) is 5.62. The van der Waals surface area contributed by atoms with Gasteiger partial charge in [0.15, 0.2) is 0 Å². The minimum absolute atomic E-state index is 0.508.